The van der Waals surface area contributed by atoms with E-state index in [1.54, 1.807) is 11.6 Å². The van der Waals surface area contributed by atoms with Gasteiger partial charge in [0.05, 0.1) is 7.11 Å². The van der Waals surface area contributed by atoms with E-state index < -0.39 is 11.8 Å². The predicted octanol–water partition coefficient (Wildman–Crippen LogP) is 1.42. The minimum atomic E-state index is -0.758. The van der Waals surface area contributed by atoms with E-state index in [4.69, 9.17) is 4.74 Å². The summed E-state index contributed by atoms with van der Waals surface area (Å²) in [6, 6.07) is 1.89. The smallest absolute Gasteiger partial charge is 0.315 e. The van der Waals surface area contributed by atoms with Gasteiger partial charge in [-0.25, -0.2) is 9.97 Å². The summed E-state index contributed by atoms with van der Waals surface area (Å²) in [4.78, 5) is 31.7. The van der Waals surface area contributed by atoms with Gasteiger partial charge in [-0.3, -0.25) is 14.9 Å². The van der Waals surface area contributed by atoms with Crippen molar-refractivity contribution >= 4 is 28.3 Å². The highest BCUT2D eigenvalue weighted by atomic mass is 32.1. The fourth-order valence-electron chi connectivity index (χ4n) is 1.90. The first-order valence-electron chi connectivity index (χ1n) is 6.51. The van der Waals surface area contributed by atoms with Crippen molar-refractivity contribution in [3.05, 3.63) is 34.5 Å². The lowest BCUT2D eigenvalue weighted by molar-refractivity contribution is -0.136. The number of rotatable bonds is 4. The van der Waals surface area contributed by atoms with Gasteiger partial charge in [0, 0.05) is 29.4 Å². The third kappa shape index (κ3) is 3.79. The maximum atomic E-state index is 11.8. The summed E-state index contributed by atoms with van der Waals surface area (Å²) in [7, 11) is 1.52. The molecule has 0 aliphatic carbocycles. The lowest BCUT2D eigenvalue weighted by atomic mass is 10.1. The minimum absolute atomic E-state index is 0.159. The largest absolute Gasteiger partial charge is 0.481 e. The van der Waals surface area contributed by atoms with Crippen molar-refractivity contribution in [2.24, 2.45) is 0 Å². The maximum Gasteiger partial charge on any atom is 0.315 e. The van der Waals surface area contributed by atoms with Crippen molar-refractivity contribution in [3.8, 4) is 5.88 Å². The van der Waals surface area contributed by atoms with Crippen molar-refractivity contribution in [3.63, 3.8) is 0 Å². The van der Waals surface area contributed by atoms with Crippen LogP contribution in [0, 0.1) is 13.8 Å². The van der Waals surface area contributed by atoms with Gasteiger partial charge in [0.1, 0.15) is 0 Å². The number of hydrogen-bond donors (Lipinski definition) is 2. The zero-order valence-corrected chi connectivity index (χ0v) is 13.3. The Hall–Kier alpha value is -2.48. The number of carbonyl (C=O) groups excluding carboxylic acids is 2. The number of methoxy groups -OCH3 is 1. The second kappa shape index (κ2) is 6.99. The summed E-state index contributed by atoms with van der Waals surface area (Å²) in [6.07, 6.45) is 1.55. The van der Waals surface area contributed by atoms with E-state index in [-0.39, 0.29) is 6.54 Å². The number of anilines is 1. The van der Waals surface area contributed by atoms with Crippen molar-refractivity contribution in [2.75, 3.05) is 12.4 Å². The minimum Gasteiger partial charge on any atom is -0.481 e. The molecule has 0 aliphatic rings. The fraction of sp³-hybridized carbons (Fsp3) is 0.286. The Bertz CT molecular complexity index is 686. The van der Waals surface area contributed by atoms with Crippen LogP contribution in [0.2, 0.25) is 0 Å². The number of thiazole rings is 1. The van der Waals surface area contributed by atoms with Gasteiger partial charge in [0.15, 0.2) is 5.13 Å². The Kier molecular flexibility index (Phi) is 5.05. The number of aromatic nitrogens is 2. The van der Waals surface area contributed by atoms with Crippen LogP contribution in [0.4, 0.5) is 5.13 Å². The van der Waals surface area contributed by atoms with Crippen LogP contribution in [0.5, 0.6) is 5.88 Å². The van der Waals surface area contributed by atoms with E-state index in [9.17, 15) is 9.59 Å². The summed E-state index contributed by atoms with van der Waals surface area (Å²) in [5.41, 5.74) is 2.50. The number of nitrogens with one attached hydrogen (secondary N) is 2. The van der Waals surface area contributed by atoms with Gasteiger partial charge in [-0.15, -0.1) is 11.3 Å². The maximum absolute atomic E-state index is 11.8. The molecule has 0 spiro atoms. The molecule has 2 aromatic rings. The number of ether oxygens (including phenoxy) is 1. The summed E-state index contributed by atoms with van der Waals surface area (Å²) in [6.45, 7) is 3.92. The molecule has 22 heavy (non-hydrogen) atoms. The third-order valence-electron chi connectivity index (χ3n) is 2.92. The molecule has 0 atom stereocenters. The molecule has 0 aliphatic heterocycles. The van der Waals surface area contributed by atoms with E-state index >= 15 is 0 Å². The van der Waals surface area contributed by atoms with Gasteiger partial charge in [-0.1, -0.05) is 0 Å². The highest BCUT2D eigenvalue weighted by Crippen LogP contribution is 2.20. The molecule has 0 saturated carbocycles. The highest BCUT2D eigenvalue weighted by Gasteiger charge is 2.16. The van der Waals surface area contributed by atoms with Gasteiger partial charge in [0.25, 0.3) is 0 Å². The Balaban J connectivity index is 2.00. The topological polar surface area (TPSA) is 93.2 Å². The zero-order chi connectivity index (χ0) is 16.1. The molecule has 0 saturated heterocycles. The van der Waals surface area contributed by atoms with Crippen LogP contribution >= 0.6 is 11.3 Å². The monoisotopic (exact) mass is 320 g/mol. The van der Waals surface area contributed by atoms with Crippen LogP contribution in [-0.2, 0) is 16.1 Å². The average Bonchev–Trinajstić information content (AvgIpc) is 2.98. The molecular weight excluding hydrogens is 304 g/mol. The number of carbonyl (C=O) groups is 2. The van der Waals surface area contributed by atoms with Crippen molar-refractivity contribution < 1.29 is 14.3 Å². The second-order valence-electron chi connectivity index (χ2n) is 4.54. The Labute approximate surface area is 131 Å². The molecular formula is C14H16N4O3S. The fourth-order valence-corrected chi connectivity index (χ4v) is 2.42. The molecule has 0 bridgehead atoms. The first-order valence-corrected chi connectivity index (χ1v) is 7.39. The molecule has 2 rings (SSSR count). The molecule has 2 aromatic heterocycles. The van der Waals surface area contributed by atoms with Gasteiger partial charge in [-0.2, -0.15) is 0 Å². The number of nitrogens with zero attached hydrogens (tertiary/aromatic N) is 2. The highest BCUT2D eigenvalue weighted by molar-refractivity contribution is 7.13. The molecule has 0 unspecified atom stereocenters. The van der Waals surface area contributed by atoms with Crippen molar-refractivity contribution in [2.45, 2.75) is 20.4 Å². The molecule has 116 valence electrons. The van der Waals surface area contributed by atoms with E-state index in [1.807, 2.05) is 19.9 Å². The van der Waals surface area contributed by atoms with E-state index in [1.165, 1.54) is 18.4 Å². The van der Waals surface area contributed by atoms with Crippen molar-refractivity contribution in [1.82, 2.24) is 15.3 Å². The molecule has 7 nitrogen and oxygen atoms in total. The van der Waals surface area contributed by atoms with Gasteiger partial charge < -0.3 is 10.1 Å². The Morgan fingerprint density at radius 2 is 2.09 bits per heavy atom. The second-order valence-corrected chi connectivity index (χ2v) is 5.44. The predicted molar refractivity (Wildman–Crippen MR) is 82.9 cm³/mol. The summed E-state index contributed by atoms with van der Waals surface area (Å²) in [5, 5.41) is 7.06. The number of hydrogen-bond acceptors (Lipinski definition) is 6. The SMILES string of the molecule is COc1nc(C)cc(C)c1CNC(=O)C(=O)Nc1nccs1. The quantitative estimate of drug-likeness (QED) is 0.831. The summed E-state index contributed by atoms with van der Waals surface area (Å²) >= 11 is 1.24. The van der Waals surface area contributed by atoms with Crippen molar-refractivity contribution in [1.29, 1.82) is 0 Å². The number of aryl methyl sites for hydroxylation is 2. The molecule has 2 heterocycles. The molecule has 0 aromatic carbocycles. The summed E-state index contributed by atoms with van der Waals surface area (Å²) < 4.78 is 5.21. The van der Waals surface area contributed by atoms with Crippen LogP contribution in [0.15, 0.2) is 17.6 Å². The zero-order valence-electron chi connectivity index (χ0n) is 12.5. The number of amides is 2. The normalized spacial score (nSPS) is 10.1. The van der Waals surface area contributed by atoms with E-state index in [0.717, 1.165) is 16.8 Å². The first kappa shape index (κ1) is 15.9. The van der Waals surface area contributed by atoms with Crippen LogP contribution in [0.25, 0.3) is 0 Å². The van der Waals surface area contributed by atoms with E-state index in [2.05, 4.69) is 20.6 Å². The summed E-state index contributed by atoms with van der Waals surface area (Å²) in [5.74, 6) is -1.05. The molecule has 0 fully saturated rings. The lowest BCUT2D eigenvalue weighted by Gasteiger charge is -2.12. The molecule has 8 heteroatoms. The van der Waals surface area contributed by atoms with Crippen LogP contribution in [0.3, 0.4) is 0 Å². The Morgan fingerprint density at radius 1 is 1.32 bits per heavy atom. The molecule has 2 amide bonds. The number of pyridine rings is 1. The first-order chi connectivity index (χ1) is 10.5. The molecule has 0 radical (unpaired) electrons. The van der Waals surface area contributed by atoms with Crippen LogP contribution in [0.1, 0.15) is 16.8 Å². The van der Waals surface area contributed by atoms with Gasteiger partial charge in [-0.05, 0) is 25.5 Å². The Morgan fingerprint density at radius 3 is 2.73 bits per heavy atom. The average molecular weight is 320 g/mol. The van der Waals surface area contributed by atoms with Crippen LogP contribution < -0.4 is 15.4 Å². The molecule has 2 N–H and O–H groups in total. The third-order valence-corrected chi connectivity index (χ3v) is 3.60. The standard InChI is InChI=1S/C14H16N4O3S/c1-8-6-9(2)17-13(21-3)10(8)7-16-11(19)12(20)18-14-15-4-5-22-14/h4-6H,7H2,1-3H3,(H,16,19)(H,15,18,20). The van der Waals surface area contributed by atoms with Gasteiger partial charge in [0.2, 0.25) is 5.88 Å². The lowest BCUT2D eigenvalue weighted by Crippen LogP contribution is -2.35. The van der Waals surface area contributed by atoms with Crippen LogP contribution in [-0.4, -0.2) is 28.9 Å². The van der Waals surface area contributed by atoms with E-state index in [0.29, 0.717) is 11.0 Å². The van der Waals surface area contributed by atoms with Gasteiger partial charge >= 0.3 is 11.8 Å².